The molecule has 0 fully saturated rings. The molecule has 0 aliphatic rings. The van der Waals surface area contributed by atoms with Crippen molar-refractivity contribution in [3.63, 3.8) is 0 Å². The van der Waals surface area contributed by atoms with Gasteiger partial charge in [-0.1, -0.05) is 0 Å². The number of hydrogen-bond acceptors (Lipinski definition) is 3. The number of nitrogens with zero attached hydrogens (tertiary/aromatic N) is 3. The van der Waals surface area contributed by atoms with Gasteiger partial charge in [0.05, 0.1) is 10.2 Å². The Morgan fingerprint density at radius 3 is 2.90 bits per heavy atom. The second-order valence-corrected chi connectivity index (χ2v) is 4.90. The van der Waals surface area contributed by atoms with Crippen LogP contribution in [-0.2, 0) is 6.61 Å². The minimum atomic E-state index is -0.765. The summed E-state index contributed by atoms with van der Waals surface area (Å²) >= 11 is 3.06. The molecule has 0 N–H and O–H groups in total. The lowest BCUT2D eigenvalue weighted by Crippen LogP contribution is -1.99. The van der Waals surface area contributed by atoms with Crippen molar-refractivity contribution >= 4 is 21.7 Å². The number of ether oxygens (including phenoxy) is 1. The van der Waals surface area contributed by atoms with Crippen LogP contribution in [0.2, 0.25) is 0 Å². The highest BCUT2D eigenvalue weighted by Crippen LogP contribution is 2.29. The van der Waals surface area contributed by atoms with Crippen LogP contribution in [0, 0.1) is 11.6 Å². The van der Waals surface area contributed by atoms with Crippen molar-refractivity contribution < 1.29 is 13.5 Å². The van der Waals surface area contributed by atoms with Crippen LogP contribution < -0.4 is 4.74 Å². The molecule has 0 unspecified atom stereocenters. The Bertz CT molecular complexity index is 719. The summed E-state index contributed by atoms with van der Waals surface area (Å²) in [6, 6.07) is 3.69. The Labute approximate surface area is 121 Å². The first kappa shape index (κ1) is 13.0. The van der Waals surface area contributed by atoms with E-state index in [0.29, 0.717) is 11.5 Å². The molecule has 2 aromatic heterocycles. The third kappa shape index (κ3) is 2.49. The van der Waals surface area contributed by atoms with E-state index in [9.17, 15) is 8.78 Å². The van der Waals surface area contributed by atoms with Crippen molar-refractivity contribution in [2.75, 3.05) is 0 Å². The van der Waals surface area contributed by atoms with Crippen molar-refractivity contribution in [2.45, 2.75) is 6.61 Å². The van der Waals surface area contributed by atoms with Gasteiger partial charge in [0.2, 0.25) is 5.78 Å². The van der Waals surface area contributed by atoms with Crippen LogP contribution in [0.1, 0.15) is 5.69 Å². The lowest BCUT2D eigenvalue weighted by Gasteiger charge is -2.07. The third-order valence-corrected chi connectivity index (χ3v) is 3.20. The highest BCUT2D eigenvalue weighted by atomic mass is 79.9. The van der Waals surface area contributed by atoms with Crippen LogP contribution >= 0.6 is 15.9 Å². The number of benzene rings is 1. The lowest BCUT2D eigenvalue weighted by atomic mass is 10.3. The van der Waals surface area contributed by atoms with E-state index in [1.165, 1.54) is 0 Å². The highest BCUT2D eigenvalue weighted by molar-refractivity contribution is 9.10. The largest absolute Gasteiger partial charge is 0.483 e. The molecule has 0 bridgehead atoms. The van der Waals surface area contributed by atoms with E-state index in [1.54, 1.807) is 29.1 Å². The van der Waals surface area contributed by atoms with E-state index in [4.69, 9.17) is 4.74 Å². The van der Waals surface area contributed by atoms with E-state index in [2.05, 4.69) is 25.9 Å². The molecule has 3 aromatic rings. The molecule has 0 spiro atoms. The smallest absolute Gasteiger partial charge is 0.234 e. The Hall–Kier alpha value is -2.02. The Morgan fingerprint density at radius 2 is 2.15 bits per heavy atom. The first-order chi connectivity index (χ1) is 9.63. The topological polar surface area (TPSA) is 39.4 Å². The molecular formula is C13H8BrF2N3O. The SMILES string of the molecule is Fc1cc(F)c(OCc2cn3cccnc3n2)c(Br)c1. The highest BCUT2D eigenvalue weighted by Gasteiger charge is 2.12. The number of fused-ring (bicyclic) bond motifs is 1. The predicted molar refractivity (Wildman–Crippen MR) is 71.4 cm³/mol. The third-order valence-electron chi connectivity index (χ3n) is 2.61. The van der Waals surface area contributed by atoms with Crippen molar-refractivity contribution in [3.8, 4) is 5.75 Å². The molecule has 3 rings (SSSR count). The molecule has 0 aliphatic carbocycles. The normalized spacial score (nSPS) is 10.9. The molecule has 102 valence electrons. The fourth-order valence-electron chi connectivity index (χ4n) is 1.76. The first-order valence-electron chi connectivity index (χ1n) is 5.69. The van der Waals surface area contributed by atoms with Crippen molar-refractivity contribution in [2.24, 2.45) is 0 Å². The zero-order valence-corrected chi connectivity index (χ0v) is 11.6. The lowest BCUT2D eigenvalue weighted by molar-refractivity contribution is 0.283. The van der Waals surface area contributed by atoms with Gasteiger partial charge in [0.1, 0.15) is 12.4 Å². The minimum Gasteiger partial charge on any atom is -0.483 e. The molecule has 1 aromatic carbocycles. The Balaban J connectivity index is 1.83. The zero-order chi connectivity index (χ0) is 14.1. The molecule has 20 heavy (non-hydrogen) atoms. The van der Waals surface area contributed by atoms with Crippen molar-refractivity contribution in [3.05, 3.63) is 58.6 Å². The van der Waals surface area contributed by atoms with E-state index < -0.39 is 11.6 Å². The number of hydrogen-bond donors (Lipinski definition) is 0. The van der Waals surface area contributed by atoms with E-state index in [0.717, 1.165) is 12.1 Å². The second-order valence-electron chi connectivity index (χ2n) is 4.05. The van der Waals surface area contributed by atoms with Gasteiger partial charge in [-0.2, -0.15) is 0 Å². The quantitative estimate of drug-likeness (QED) is 0.734. The molecule has 0 atom stereocenters. The monoisotopic (exact) mass is 339 g/mol. The minimum absolute atomic E-state index is 0.0450. The predicted octanol–water partition coefficient (Wildman–Crippen LogP) is 3.35. The number of rotatable bonds is 3. The van der Waals surface area contributed by atoms with Crippen LogP contribution in [0.4, 0.5) is 8.78 Å². The molecule has 0 saturated heterocycles. The van der Waals surface area contributed by atoms with E-state index in [1.807, 2.05) is 0 Å². The second kappa shape index (κ2) is 5.16. The average Bonchev–Trinajstić information content (AvgIpc) is 2.80. The molecular weight excluding hydrogens is 332 g/mol. The van der Waals surface area contributed by atoms with E-state index >= 15 is 0 Å². The van der Waals surface area contributed by atoms with Crippen LogP contribution in [-0.4, -0.2) is 14.4 Å². The van der Waals surface area contributed by atoms with Gasteiger partial charge in [-0.15, -0.1) is 0 Å². The molecule has 2 heterocycles. The fraction of sp³-hybridized carbons (Fsp3) is 0.0769. The molecule has 0 aliphatic heterocycles. The van der Waals surface area contributed by atoms with Gasteiger partial charge in [-0.3, -0.25) is 4.40 Å². The van der Waals surface area contributed by atoms with Gasteiger partial charge >= 0.3 is 0 Å². The van der Waals surface area contributed by atoms with Gasteiger partial charge in [-0.05, 0) is 28.1 Å². The van der Waals surface area contributed by atoms with Crippen LogP contribution in [0.3, 0.4) is 0 Å². The molecule has 0 radical (unpaired) electrons. The molecule has 0 saturated carbocycles. The van der Waals surface area contributed by atoms with Crippen LogP contribution in [0.25, 0.3) is 5.78 Å². The summed E-state index contributed by atoms with van der Waals surface area (Å²) in [5.41, 5.74) is 0.597. The summed E-state index contributed by atoms with van der Waals surface area (Å²) in [7, 11) is 0. The molecule has 4 nitrogen and oxygen atoms in total. The van der Waals surface area contributed by atoms with Crippen LogP contribution in [0.15, 0.2) is 41.3 Å². The molecule has 7 heteroatoms. The summed E-state index contributed by atoms with van der Waals surface area (Å²) in [4.78, 5) is 8.29. The maximum absolute atomic E-state index is 13.6. The Kier molecular flexibility index (Phi) is 3.35. The summed E-state index contributed by atoms with van der Waals surface area (Å²) in [5, 5.41) is 0. The van der Waals surface area contributed by atoms with Gasteiger partial charge < -0.3 is 4.74 Å². The summed E-state index contributed by atoms with van der Waals surface area (Å²) < 4.78 is 33.8. The van der Waals surface area contributed by atoms with E-state index in [-0.39, 0.29) is 16.8 Å². The van der Waals surface area contributed by atoms with Crippen molar-refractivity contribution in [1.82, 2.24) is 14.4 Å². The summed E-state index contributed by atoms with van der Waals surface area (Å²) in [6.07, 6.45) is 5.16. The van der Waals surface area contributed by atoms with Crippen LogP contribution in [0.5, 0.6) is 5.75 Å². The van der Waals surface area contributed by atoms with Gasteiger partial charge in [0, 0.05) is 24.7 Å². The number of imidazole rings is 1. The standard InChI is InChI=1S/C13H8BrF2N3O/c14-10-4-8(15)5-11(16)12(10)20-7-9-6-19-3-1-2-17-13(19)18-9/h1-6H,7H2. The first-order valence-corrected chi connectivity index (χ1v) is 6.49. The maximum Gasteiger partial charge on any atom is 0.234 e. The average molecular weight is 340 g/mol. The fourth-order valence-corrected chi connectivity index (χ4v) is 2.28. The van der Waals surface area contributed by atoms with Gasteiger partial charge in [0.15, 0.2) is 11.6 Å². The number of aromatic nitrogens is 3. The zero-order valence-electron chi connectivity index (χ0n) is 10.1. The van der Waals surface area contributed by atoms with Gasteiger partial charge in [-0.25, -0.2) is 18.7 Å². The van der Waals surface area contributed by atoms with Gasteiger partial charge in [0.25, 0.3) is 0 Å². The van der Waals surface area contributed by atoms with Crippen molar-refractivity contribution in [1.29, 1.82) is 0 Å². The molecule has 0 amide bonds. The summed E-state index contributed by atoms with van der Waals surface area (Å²) in [5.74, 6) is -0.946. The maximum atomic E-state index is 13.6. The summed E-state index contributed by atoms with van der Waals surface area (Å²) in [6.45, 7) is 0.0600. The Morgan fingerprint density at radius 1 is 1.30 bits per heavy atom. The number of halogens is 3.